The lowest BCUT2D eigenvalue weighted by atomic mass is 10.3. The van der Waals surface area contributed by atoms with Gasteiger partial charge in [-0.2, -0.15) is 0 Å². The van der Waals surface area contributed by atoms with Crippen LogP contribution in [0.25, 0.3) is 0 Å². The fourth-order valence-corrected chi connectivity index (χ4v) is 2.13. The molecule has 0 bridgehead atoms. The highest BCUT2D eigenvalue weighted by Crippen LogP contribution is 2.27. The fraction of sp³-hybridized carbons (Fsp3) is 0.200. The third-order valence-corrected chi connectivity index (χ3v) is 3.28. The number of nitrogens with two attached hydrogens (primary N) is 1. The topological polar surface area (TPSA) is 99.9 Å². The van der Waals surface area contributed by atoms with Crippen molar-refractivity contribution in [1.82, 2.24) is 14.9 Å². The van der Waals surface area contributed by atoms with Gasteiger partial charge in [-0.3, -0.25) is 10.1 Å². The second-order valence-corrected chi connectivity index (χ2v) is 4.52. The Labute approximate surface area is 107 Å². The number of aryl methyl sites for hydroxylation is 1. The number of hydrogen-bond donors (Lipinski definition) is 1. The number of nitrogens with zero attached hydrogens (tertiary/aromatic N) is 4. The van der Waals surface area contributed by atoms with Crippen molar-refractivity contribution < 1.29 is 4.92 Å². The molecule has 0 fully saturated rings. The molecule has 0 saturated carbocycles. The zero-order valence-corrected chi connectivity index (χ0v) is 10.4. The molecule has 1 aromatic carbocycles. The van der Waals surface area contributed by atoms with E-state index in [1.807, 2.05) is 6.92 Å². The van der Waals surface area contributed by atoms with Gasteiger partial charge in [0.05, 0.1) is 4.92 Å². The number of nitro benzene ring substituents is 1. The van der Waals surface area contributed by atoms with Crippen LogP contribution in [0.15, 0.2) is 34.3 Å². The molecular formula is C10H11N5O2S. The summed E-state index contributed by atoms with van der Waals surface area (Å²) >= 11 is 1.31. The molecule has 0 aliphatic carbocycles. The first-order valence-corrected chi connectivity index (χ1v) is 6.05. The molecule has 1 heterocycles. The van der Waals surface area contributed by atoms with Crippen LogP contribution in [-0.2, 0) is 6.42 Å². The first kappa shape index (κ1) is 12.4. The van der Waals surface area contributed by atoms with Crippen molar-refractivity contribution >= 4 is 17.4 Å². The fourth-order valence-electron chi connectivity index (χ4n) is 1.36. The highest BCUT2D eigenvalue weighted by atomic mass is 32.2. The van der Waals surface area contributed by atoms with Gasteiger partial charge in [0.15, 0.2) is 5.82 Å². The highest BCUT2D eigenvalue weighted by Gasteiger charge is 2.10. The van der Waals surface area contributed by atoms with Crippen LogP contribution in [-0.4, -0.2) is 19.8 Å². The predicted molar refractivity (Wildman–Crippen MR) is 66.8 cm³/mol. The maximum absolute atomic E-state index is 10.5. The molecule has 0 saturated heterocycles. The molecule has 0 aliphatic rings. The molecule has 94 valence electrons. The molecule has 2 N–H and O–H groups in total. The van der Waals surface area contributed by atoms with E-state index in [1.54, 1.807) is 12.1 Å². The van der Waals surface area contributed by atoms with Gasteiger partial charge < -0.3 is 5.84 Å². The number of rotatable bonds is 4. The van der Waals surface area contributed by atoms with Gasteiger partial charge in [0.2, 0.25) is 5.16 Å². The third kappa shape index (κ3) is 2.43. The second-order valence-electron chi connectivity index (χ2n) is 3.48. The summed E-state index contributed by atoms with van der Waals surface area (Å²) in [6.45, 7) is 1.94. The van der Waals surface area contributed by atoms with E-state index >= 15 is 0 Å². The van der Waals surface area contributed by atoms with Crippen molar-refractivity contribution in [1.29, 1.82) is 0 Å². The maximum atomic E-state index is 10.5. The maximum Gasteiger partial charge on any atom is 0.269 e. The van der Waals surface area contributed by atoms with Gasteiger partial charge in [-0.15, -0.1) is 10.2 Å². The van der Waals surface area contributed by atoms with Crippen LogP contribution >= 0.6 is 11.8 Å². The summed E-state index contributed by atoms with van der Waals surface area (Å²) in [7, 11) is 0. The molecule has 0 atom stereocenters. The molecule has 2 aromatic rings. The summed E-state index contributed by atoms with van der Waals surface area (Å²) in [6.07, 6.45) is 0.699. The molecule has 7 nitrogen and oxygen atoms in total. The summed E-state index contributed by atoms with van der Waals surface area (Å²) in [5, 5.41) is 19.0. The lowest BCUT2D eigenvalue weighted by Gasteiger charge is -2.01. The first-order chi connectivity index (χ1) is 8.61. The number of non-ortho nitro benzene ring substituents is 1. The summed E-state index contributed by atoms with van der Waals surface area (Å²) < 4.78 is 1.42. The molecule has 0 spiro atoms. The lowest BCUT2D eigenvalue weighted by molar-refractivity contribution is -0.384. The van der Waals surface area contributed by atoms with Gasteiger partial charge in [0.1, 0.15) is 0 Å². The van der Waals surface area contributed by atoms with Crippen molar-refractivity contribution in [3.05, 3.63) is 40.2 Å². The van der Waals surface area contributed by atoms with Crippen LogP contribution in [0.1, 0.15) is 12.7 Å². The van der Waals surface area contributed by atoms with Gasteiger partial charge in [-0.25, -0.2) is 4.68 Å². The van der Waals surface area contributed by atoms with Gasteiger partial charge in [0.25, 0.3) is 5.69 Å². The Morgan fingerprint density at radius 3 is 2.56 bits per heavy atom. The lowest BCUT2D eigenvalue weighted by Crippen LogP contribution is -2.13. The van der Waals surface area contributed by atoms with Crippen molar-refractivity contribution in [2.24, 2.45) is 0 Å². The van der Waals surface area contributed by atoms with Crippen LogP contribution in [0.3, 0.4) is 0 Å². The minimum absolute atomic E-state index is 0.0582. The normalized spacial score (nSPS) is 10.5. The average molecular weight is 265 g/mol. The van der Waals surface area contributed by atoms with Crippen LogP contribution in [0.2, 0.25) is 0 Å². The van der Waals surface area contributed by atoms with E-state index in [4.69, 9.17) is 5.84 Å². The Morgan fingerprint density at radius 2 is 2.06 bits per heavy atom. The number of aromatic nitrogens is 3. The zero-order valence-electron chi connectivity index (χ0n) is 9.61. The van der Waals surface area contributed by atoms with Crippen LogP contribution in [0.4, 0.5) is 5.69 Å². The highest BCUT2D eigenvalue weighted by molar-refractivity contribution is 7.99. The van der Waals surface area contributed by atoms with E-state index in [0.717, 1.165) is 4.90 Å². The van der Waals surface area contributed by atoms with Gasteiger partial charge in [-0.05, 0) is 23.9 Å². The van der Waals surface area contributed by atoms with E-state index in [0.29, 0.717) is 17.4 Å². The van der Waals surface area contributed by atoms with E-state index in [2.05, 4.69) is 10.2 Å². The van der Waals surface area contributed by atoms with E-state index in [1.165, 1.54) is 28.6 Å². The molecule has 1 aromatic heterocycles. The Balaban J connectivity index is 2.18. The van der Waals surface area contributed by atoms with Gasteiger partial charge in [0, 0.05) is 23.4 Å². The Morgan fingerprint density at radius 1 is 1.39 bits per heavy atom. The van der Waals surface area contributed by atoms with E-state index in [9.17, 15) is 10.1 Å². The van der Waals surface area contributed by atoms with Crippen molar-refractivity contribution in [3.63, 3.8) is 0 Å². The molecule has 0 unspecified atom stereocenters. The number of hydrogen-bond acceptors (Lipinski definition) is 6. The van der Waals surface area contributed by atoms with Crippen molar-refractivity contribution in [2.45, 2.75) is 23.4 Å². The molecule has 0 aliphatic heterocycles. The zero-order chi connectivity index (χ0) is 13.1. The second kappa shape index (κ2) is 5.05. The molecular weight excluding hydrogens is 254 g/mol. The van der Waals surface area contributed by atoms with Gasteiger partial charge in [-0.1, -0.05) is 6.92 Å². The monoisotopic (exact) mass is 265 g/mol. The number of benzene rings is 1. The van der Waals surface area contributed by atoms with Crippen LogP contribution in [0, 0.1) is 10.1 Å². The standard InChI is InChI=1S/C10H11N5O2S/c1-2-9-12-13-10(14(9)11)18-8-5-3-7(4-6-8)15(16)17/h3-6H,2,11H2,1H3. The summed E-state index contributed by atoms with van der Waals surface area (Å²) in [4.78, 5) is 10.9. The summed E-state index contributed by atoms with van der Waals surface area (Å²) in [5.74, 6) is 6.50. The Kier molecular flexibility index (Phi) is 3.47. The minimum Gasteiger partial charge on any atom is -0.336 e. The molecule has 2 rings (SSSR count). The van der Waals surface area contributed by atoms with Crippen LogP contribution in [0.5, 0.6) is 0 Å². The first-order valence-electron chi connectivity index (χ1n) is 5.23. The quantitative estimate of drug-likeness (QED) is 0.512. The van der Waals surface area contributed by atoms with Gasteiger partial charge >= 0.3 is 0 Å². The predicted octanol–water partition coefficient (Wildman–Crippen LogP) is 1.61. The average Bonchev–Trinajstić information content (AvgIpc) is 2.71. The smallest absolute Gasteiger partial charge is 0.269 e. The molecule has 18 heavy (non-hydrogen) atoms. The molecule has 0 radical (unpaired) electrons. The van der Waals surface area contributed by atoms with E-state index in [-0.39, 0.29) is 5.69 Å². The Hall–Kier alpha value is -2.09. The number of nitrogen functional groups attached to an aromatic ring is 1. The Bertz CT molecular complexity index is 566. The third-order valence-electron chi connectivity index (χ3n) is 2.31. The van der Waals surface area contributed by atoms with Crippen molar-refractivity contribution in [3.8, 4) is 0 Å². The molecule has 8 heteroatoms. The summed E-state index contributed by atoms with van der Waals surface area (Å²) in [5.41, 5.74) is 0.0582. The largest absolute Gasteiger partial charge is 0.336 e. The number of nitro groups is 1. The van der Waals surface area contributed by atoms with Crippen LogP contribution < -0.4 is 5.84 Å². The van der Waals surface area contributed by atoms with E-state index < -0.39 is 4.92 Å². The summed E-state index contributed by atoms with van der Waals surface area (Å²) in [6, 6.07) is 6.20. The SMILES string of the molecule is CCc1nnc(Sc2ccc([N+](=O)[O-])cc2)n1N. The minimum atomic E-state index is -0.435. The molecule has 0 amide bonds. The van der Waals surface area contributed by atoms with Crippen molar-refractivity contribution in [2.75, 3.05) is 5.84 Å².